The number of rotatable bonds is 11. The van der Waals surface area contributed by atoms with Crippen molar-refractivity contribution in [2.75, 3.05) is 74.1 Å². The highest BCUT2D eigenvalue weighted by molar-refractivity contribution is 6.10. The smallest absolute Gasteiger partial charge is 0.241 e. The first kappa shape index (κ1) is 27.2. The summed E-state index contributed by atoms with van der Waals surface area (Å²) in [4.78, 5) is 47.0. The number of methoxy groups -OCH3 is 1. The van der Waals surface area contributed by atoms with Crippen molar-refractivity contribution in [1.29, 1.82) is 0 Å². The third kappa shape index (κ3) is 6.45. The molecule has 2 fully saturated rings. The second kappa shape index (κ2) is 12.1. The van der Waals surface area contributed by atoms with E-state index in [1.54, 1.807) is 31.2 Å². The zero-order chi connectivity index (χ0) is 25.6. The fraction of sp³-hybridized carbons (Fsp3) is 0.654. The first-order valence-corrected chi connectivity index (χ1v) is 12.4. The van der Waals surface area contributed by atoms with E-state index in [9.17, 15) is 18.8 Å². The molecule has 0 spiro atoms. The zero-order valence-electron chi connectivity index (χ0n) is 21.5. The van der Waals surface area contributed by atoms with E-state index in [2.05, 4.69) is 4.90 Å². The Morgan fingerprint density at radius 2 is 1.83 bits per heavy atom. The molecule has 0 aromatic heterocycles. The molecular formula is C26H39FN4O4. The van der Waals surface area contributed by atoms with Crippen LogP contribution in [-0.2, 0) is 24.5 Å². The van der Waals surface area contributed by atoms with E-state index in [4.69, 9.17) is 4.74 Å². The third-order valence-electron chi connectivity index (χ3n) is 7.30. The lowest BCUT2D eigenvalue weighted by Crippen LogP contribution is -2.45. The molecule has 3 rings (SSSR count). The maximum atomic E-state index is 14.9. The Hall–Kier alpha value is -2.36. The number of piperidine rings is 1. The molecule has 194 valence electrons. The Labute approximate surface area is 208 Å². The maximum Gasteiger partial charge on any atom is 0.241 e. The van der Waals surface area contributed by atoms with Gasteiger partial charge in [0.2, 0.25) is 17.7 Å². The Balaban J connectivity index is 1.73. The Morgan fingerprint density at radius 1 is 1.14 bits per heavy atom. The van der Waals surface area contributed by atoms with Crippen molar-refractivity contribution in [3.05, 3.63) is 35.6 Å². The van der Waals surface area contributed by atoms with Crippen molar-refractivity contribution >= 4 is 17.7 Å². The van der Waals surface area contributed by atoms with Crippen LogP contribution in [0.4, 0.5) is 4.39 Å². The van der Waals surface area contributed by atoms with Crippen molar-refractivity contribution in [3.8, 4) is 0 Å². The van der Waals surface area contributed by atoms with Gasteiger partial charge in [0.15, 0.2) is 0 Å². The minimum absolute atomic E-state index is 0.124. The summed E-state index contributed by atoms with van der Waals surface area (Å²) in [5.41, 5.74) is -1.39. The van der Waals surface area contributed by atoms with Crippen LogP contribution in [0.3, 0.4) is 0 Å². The quantitative estimate of drug-likeness (QED) is 0.439. The lowest BCUT2D eigenvalue weighted by Gasteiger charge is -2.35. The number of hydrogen-bond acceptors (Lipinski definition) is 6. The molecule has 0 N–H and O–H groups in total. The average molecular weight is 491 g/mol. The van der Waals surface area contributed by atoms with Crippen molar-refractivity contribution in [1.82, 2.24) is 19.6 Å². The number of hydrogen-bond donors (Lipinski definition) is 0. The summed E-state index contributed by atoms with van der Waals surface area (Å²) < 4.78 is 20.1. The topological polar surface area (TPSA) is 73.4 Å². The van der Waals surface area contributed by atoms with Gasteiger partial charge < -0.3 is 19.4 Å². The highest BCUT2D eigenvalue weighted by atomic mass is 19.1. The summed E-state index contributed by atoms with van der Waals surface area (Å²) in [6.45, 7) is 4.83. The monoisotopic (exact) mass is 490 g/mol. The van der Waals surface area contributed by atoms with E-state index >= 15 is 0 Å². The van der Waals surface area contributed by atoms with Crippen LogP contribution in [0.2, 0.25) is 0 Å². The number of carbonyl (C=O) groups is 3. The van der Waals surface area contributed by atoms with Crippen LogP contribution in [0.25, 0.3) is 0 Å². The molecule has 3 amide bonds. The first-order valence-electron chi connectivity index (χ1n) is 12.4. The predicted molar refractivity (Wildman–Crippen MR) is 131 cm³/mol. The van der Waals surface area contributed by atoms with Crippen molar-refractivity contribution in [2.24, 2.45) is 5.92 Å². The lowest BCUT2D eigenvalue weighted by atomic mass is 9.75. The molecular weight excluding hydrogens is 451 g/mol. The van der Waals surface area contributed by atoms with E-state index in [1.807, 2.05) is 19.0 Å². The minimum atomic E-state index is -1.51. The minimum Gasteiger partial charge on any atom is -0.383 e. The van der Waals surface area contributed by atoms with Gasteiger partial charge in [-0.05, 0) is 52.0 Å². The number of amides is 3. The summed E-state index contributed by atoms with van der Waals surface area (Å²) in [6.07, 6.45) is 1.54. The van der Waals surface area contributed by atoms with E-state index < -0.39 is 17.1 Å². The lowest BCUT2D eigenvalue weighted by molar-refractivity contribution is -0.142. The van der Waals surface area contributed by atoms with E-state index in [0.717, 1.165) is 32.5 Å². The van der Waals surface area contributed by atoms with Crippen molar-refractivity contribution < 1.29 is 23.5 Å². The van der Waals surface area contributed by atoms with Crippen LogP contribution in [0.1, 0.15) is 31.2 Å². The Morgan fingerprint density at radius 3 is 2.46 bits per heavy atom. The molecule has 0 unspecified atom stereocenters. The molecule has 0 aliphatic carbocycles. The first-order chi connectivity index (χ1) is 16.7. The molecule has 0 radical (unpaired) electrons. The summed E-state index contributed by atoms with van der Waals surface area (Å²) in [7, 11) is 7.15. The number of benzene rings is 1. The number of imide groups is 1. The number of ether oxygens (including phenoxy) is 1. The van der Waals surface area contributed by atoms with Gasteiger partial charge >= 0.3 is 0 Å². The van der Waals surface area contributed by atoms with Crippen LogP contribution in [0, 0.1) is 11.7 Å². The van der Waals surface area contributed by atoms with Gasteiger partial charge in [0, 0.05) is 58.7 Å². The molecule has 35 heavy (non-hydrogen) atoms. The number of carbonyl (C=O) groups excluding carboxylic acids is 3. The van der Waals surface area contributed by atoms with Crippen molar-refractivity contribution in [3.63, 3.8) is 0 Å². The summed E-state index contributed by atoms with van der Waals surface area (Å²) >= 11 is 0. The summed E-state index contributed by atoms with van der Waals surface area (Å²) in [5, 5.41) is 0. The van der Waals surface area contributed by atoms with Crippen LogP contribution < -0.4 is 0 Å². The van der Waals surface area contributed by atoms with Crippen molar-refractivity contribution in [2.45, 2.75) is 31.1 Å². The normalized spacial score (nSPS) is 21.8. The van der Waals surface area contributed by atoms with Gasteiger partial charge in [0.25, 0.3) is 0 Å². The number of halogens is 1. The fourth-order valence-corrected chi connectivity index (χ4v) is 5.12. The van der Waals surface area contributed by atoms with E-state index in [1.165, 1.54) is 17.0 Å². The molecule has 2 heterocycles. The van der Waals surface area contributed by atoms with Gasteiger partial charge in [0.05, 0.1) is 12.0 Å². The van der Waals surface area contributed by atoms with Crippen LogP contribution >= 0.6 is 0 Å². The van der Waals surface area contributed by atoms with Gasteiger partial charge in [-0.1, -0.05) is 18.2 Å². The molecule has 2 aliphatic rings. The molecule has 1 aromatic rings. The van der Waals surface area contributed by atoms with Gasteiger partial charge in [0.1, 0.15) is 5.82 Å². The van der Waals surface area contributed by atoms with Gasteiger partial charge in [-0.25, -0.2) is 4.39 Å². The van der Waals surface area contributed by atoms with Gasteiger partial charge in [-0.3, -0.25) is 19.3 Å². The third-order valence-corrected chi connectivity index (χ3v) is 7.30. The number of nitrogens with zero attached hydrogens (tertiary/aromatic N) is 4. The number of likely N-dealkylation sites (N-methyl/N-ethyl adjacent to an activating group) is 1. The molecule has 0 bridgehead atoms. The molecule has 2 saturated heterocycles. The second-order valence-electron chi connectivity index (χ2n) is 10.1. The van der Waals surface area contributed by atoms with Crippen LogP contribution in [-0.4, -0.2) is 111 Å². The van der Waals surface area contributed by atoms with Gasteiger partial charge in [-0.15, -0.1) is 0 Å². The second-order valence-corrected chi connectivity index (χ2v) is 10.1. The Bertz CT molecular complexity index is 903. The molecule has 8 nitrogen and oxygen atoms in total. The predicted octanol–water partition coefficient (Wildman–Crippen LogP) is 1.59. The average Bonchev–Trinajstić information content (AvgIpc) is 3.06. The maximum absolute atomic E-state index is 14.9. The SMILES string of the molecule is COCCN1CCC(CN(C)C(=O)C[C@@]2(c3ccccc3F)CC(=O)N(CCN(C)C)C2=O)CC1. The van der Waals surface area contributed by atoms with E-state index in [0.29, 0.717) is 25.6 Å². The summed E-state index contributed by atoms with van der Waals surface area (Å²) in [5.74, 6) is -1.29. The molecule has 9 heteroatoms. The molecule has 0 saturated carbocycles. The van der Waals surface area contributed by atoms with E-state index in [-0.39, 0.29) is 36.8 Å². The zero-order valence-corrected chi connectivity index (χ0v) is 21.5. The molecule has 2 aliphatic heterocycles. The largest absolute Gasteiger partial charge is 0.383 e. The molecule has 1 atom stereocenters. The molecule has 1 aromatic carbocycles. The van der Waals surface area contributed by atoms with Crippen LogP contribution in [0.5, 0.6) is 0 Å². The van der Waals surface area contributed by atoms with Crippen LogP contribution in [0.15, 0.2) is 24.3 Å². The Kier molecular flexibility index (Phi) is 9.38. The standard InChI is InChI=1S/C26H39FN4O4/c1-28(2)13-14-31-24(33)18-26(25(31)34,21-7-5-6-8-22(21)27)17-23(32)29(3)19-20-9-11-30(12-10-20)15-16-35-4/h5-8,20H,9-19H2,1-4H3/t26-/m0/s1. The fourth-order valence-electron chi connectivity index (χ4n) is 5.12. The highest BCUT2D eigenvalue weighted by Gasteiger charge is 2.55. The summed E-state index contributed by atoms with van der Waals surface area (Å²) in [6, 6.07) is 6.00. The highest BCUT2D eigenvalue weighted by Crippen LogP contribution is 2.41. The number of likely N-dealkylation sites (tertiary alicyclic amines) is 2. The van der Waals surface area contributed by atoms with Gasteiger partial charge in [-0.2, -0.15) is 0 Å².